The zero-order valence-electron chi connectivity index (χ0n) is 12.7. The number of carbonyl (C=O) groups is 1. The molecular weight excluding hydrogens is 290 g/mol. The predicted molar refractivity (Wildman–Crippen MR) is 79.3 cm³/mol. The van der Waals surface area contributed by atoms with E-state index in [0.717, 1.165) is 18.7 Å². The SMILES string of the molecule is CC(C)N1CCC2(CC1)C(=O)Nc1ccc(OC(F)F)cc12. The topological polar surface area (TPSA) is 41.6 Å². The average molecular weight is 310 g/mol. The van der Waals surface area contributed by atoms with Gasteiger partial charge in [-0.3, -0.25) is 4.79 Å². The molecule has 2 aliphatic heterocycles. The van der Waals surface area contributed by atoms with Crippen molar-refractivity contribution in [1.82, 2.24) is 4.90 Å². The number of nitrogens with zero attached hydrogens (tertiary/aromatic N) is 1. The van der Waals surface area contributed by atoms with Crippen LogP contribution in [0.25, 0.3) is 0 Å². The van der Waals surface area contributed by atoms with Crippen LogP contribution in [0.5, 0.6) is 5.75 Å². The molecule has 4 nitrogen and oxygen atoms in total. The molecule has 120 valence electrons. The third-order valence-corrected chi connectivity index (χ3v) is 4.80. The minimum atomic E-state index is -2.86. The zero-order chi connectivity index (χ0) is 15.9. The largest absolute Gasteiger partial charge is 0.435 e. The lowest BCUT2D eigenvalue weighted by atomic mass is 9.73. The molecule has 1 aromatic rings. The fourth-order valence-electron chi connectivity index (χ4n) is 3.49. The fraction of sp³-hybridized carbons (Fsp3) is 0.562. The number of likely N-dealkylation sites (tertiary alicyclic amines) is 1. The normalized spacial score (nSPS) is 20.5. The van der Waals surface area contributed by atoms with Gasteiger partial charge in [0.15, 0.2) is 0 Å². The van der Waals surface area contributed by atoms with Crippen molar-refractivity contribution < 1.29 is 18.3 Å². The Balaban J connectivity index is 1.90. The van der Waals surface area contributed by atoms with E-state index in [1.54, 1.807) is 12.1 Å². The molecular formula is C16H20F2N2O2. The van der Waals surface area contributed by atoms with E-state index in [2.05, 4.69) is 28.8 Å². The number of carbonyl (C=O) groups excluding carboxylic acids is 1. The van der Waals surface area contributed by atoms with Gasteiger partial charge in [-0.25, -0.2) is 0 Å². The van der Waals surface area contributed by atoms with Crippen molar-refractivity contribution in [1.29, 1.82) is 0 Å². The molecule has 0 atom stereocenters. The molecule has 0 radical (unpaired) electrons. The molecule has 1 N–H and O–H groups in total. The van der Waals surface area contributed by atoms with Crippen LogP contribution in [-0.4, -0.2) is 36.5 Å². The van der Waals surface area contributed by atoms with Crippen molar-refractivity contribution in [2.45, 2.75) is 44.8 Å². The van der Waals surface area contributed by atoms with Gasteiger partial charge in [0.2, 0.25) is 5.91 Å². The van der Waals surface area contributed by atoms with Gasteiger partial charge >= 0.3 is 6.61 Å². The summed E-state index contributed by atoms with van der Waals surface area (Å²) in [6.45, 7) is 3.06. The Morgan fingerprint density at radius 3 is 2.55 bits per heavy atom. The first-order valence-corrected chi connectivity index (χ1v) is 7.57. The summed E-state index contributed by atoms with van der Waals surface area (Å²) in [7, 11) is 0. The molecule has 0 bridgehead atoms. The maximum Gasteiger partial charge on any atom is 0.387 e. The predicted octanol–water partition coefficient (Wildman–Crippen LogP) is 2.98. The molecule has 1 saturated heterocycles. The molecule has 2 heterocycles. The molecule has 22 heavy (non-hydrogen) atoms. The number of hydrogen-bond acceptors (Lipinski definition) is 3. The number of benzene rings is 1. The summed E-state index contributed by atoms with van der Waals surface area (Å²) >= 11 is 0. The van der Waals surface area contributed by atoms with E-state index in [1.807, 2.05) is 0 Å². The van der Waals surface area contributed by atoms with Crippen molar-refractivity contribution >= 4 is 11.6 Å². The third-order valence-electron chi connectivity index (χ3n) is 4.80. The van der Waals surface area contributed by atoms with Gasteiger partial charge in [0, 0.05) is 11.7 Å². The van der Waals surface area contributed by atoms with Crippen molar-refractivity contribution in [2.75, 3.05) is 18.4 Å². The lowest BCUT2D eigenvalue weighted by Gasteiger charge is -2.39. The van der Waals surface area contributed by atoms with E-state index < -0.39 is 12.0 Å². The van der Waals surface area contributed by atoms with Crippen molar-refractivity contribution in [3.8, 4) is 5.75 Å². The van der Waals surface area contributed by atoms with E-state index >= 15 is 0 Å². The highest BCUT2D eigenvalue weighted by Gasteiger charge is 2.48. The summed E-state index contributed by atoms with van der Waals surface area (Å²) in [6, 6.07) is 5.14. The highest BCUT2D eigenvalue weighted by Crippen LogP contribution is 2.46. The number of anilines is 1. The molecule has 0 unspecified atom stereocenters. The van der Waals surface area contributed by atoms with Crippen LogP contribution in [0.2, 0.25) is 0 Å². The minimum absolute atomic E-state index is 0.0277. The monoisotopic (exact) mass is 310 g/mol. The van der Waals surface area contributed by atoms with Crippen LogP contribution < -0.4 is 10.1 Å². The first-order valence-electron chi connectivity index (χ1n) is 7.57. The number of fused-ring (bicyclic) bond motifs is 2. The fourth-order valence-corrected chi connectivity index (χ4v) is 3.49. The molecule has 1 fully saturated rings. The Hall–Kier alpha value is -1.69. The standard InChI is InChI=1S/C16H20F2N2O2/c1-10(2)20-7-5-16(6-8-20)12-9-11(22-15(17)18)3-4-13(12)19-14(16)21/h3-4,9-10,15H,5-8H2,1-2H3,(H,19,21). The maximum absolute atomic E-state index is 12.5. The van der Waals surface area contributed by atoms with Gasteiger partial charge in [-0.2, -0.15) is 8.78 Å². The first-order chi connectivity index (χ1) is 10.4. The van der Waals surface area contributed by atoms with Crippen LogP contribution in [0.15, 0.2) is 18.2 Å². The van der Waals surface area contributed by atoms with Crippen LogP contribution in [0.4, 0.5) is 14.5 Å². The number of halogens is 2. The molecule has 6 heteroatoms. The molecule has 0 aliphatic carbocycles. The van der Waals surface area contributed by atoms with Crippen LogP contribution >= 0.6 is 0 Å². The number of piperidine rings is 1. The molecule has 3 rings (SSSR count). The quantitative estimate of drug-likeness (QED) is 0.933. The van der Waals surface area contributed by atoms with Gasteiger partial charge in [-0.15, -0.1) is 0 Å². The summed E-state index contributed by atoms with van der Waals surface area (Å²) in [6.07, 6.45) is 1.39. The Morgan fingerprint density at radius 2 is 1.95 bits per heavy atom. The van der Waals surface area contributed by atoms with Gasteiger partial charge in [0.25, 0.3) is 0 Å². The highest BCUT2D eigenvalue weighted by atomic mass is 19.3. The van der Waals surface area contributed by atoms with Gasteiger partial charge in [-0.05, 0) is 63.5 Å². The highest BCUT2D eigenvalue weighted by molar-refractivity contribution is 6.06. The Labute approximate surface area is 128 Å². The Morgan fingerprint density at radius 1 is 1.27 bits per heavy atom. The number of hydrogen-bond donors (Lipinski definition) is 1. The van der Waals surface area contributed by atoms with Gasteiger partial charge in [-0.1, -0.05) is 0 Å². The van der Waals surface area contributed by atoms with Crippen LogP contribution in [0.1, 0.15) is 32.3 Å². The van der Waals surface area contributed by atoms with Crippen molar-refractivity contribution in [3.63, 3.8) is 0 Å². The van der Waals surface area contributed by atoms with Crippen molar-refractivity contribution in [2.24, 2.45) is 0 Å². The molecule has 1 amide bonds. The smallest absolute Gasteiger partial charge is 0.387 e. The summed E-state index contributed by atoms with van der Waals surface area (Å²) in [4.78, 5) is 14.8. The van der Waals surface area contributed by atoms with E-state index in [4.69, 9.17) is 0 Å². The summed E-state index contributed by atoms with van der Waals surface area (Å²) < 4.78 is 29.3. The zero-order valence-corrected chi connectivity index (χ0v) is 12.7. The Kier molecular flexibility index (Phi) is 3.80. The molecule has 1 spiro atoms. The van der Waals surface area contributed by atoms with E-state index in [0.29, 0.717) is 24.6 Å². The summed E-state index contributed by atoms with van der Waals surface area (Å²) in [5, 5.41) is 2.88. The average Bonchev–Trinajstić information content (AvgIpc) is 2.72. The lowest BCUT2D eigenvalue weighted by molar-refractivity contribution is -0.122. The summed E-state index contributed by atoms with van der Waals surface area (Å²) in [5.74, 6) is 0.0796. The number of amides is 1. The summed E-state index contributed by atoms with van der Waals surface area (Å²) in [5.41, 5.74) is 0.894. The molecule has 2 aliphatic rings. The minimum Gasteiger partial charge on any atom is -0.435 e. The van der Waals surface area contributed by atoms with Crippen molar-refractivity contribution in [3.05, 3.63) is 23.8 Å². The molecule has 0 aromatic heterocycles. The maximum atomic E-state index is 12.5. The Bertz CT molecular complexity index is 582. The molecule has 0 saturated carbocycles. The van der Waals surface area contributed by atoms with Gasteiger partial charge < -0.3 is 15.0 Å². The lowest BCUT2D eigenvalue weighted by Crippen LogP contribution is -2.48. The second-order valence-corrected chi connectivity index (χ2v) is 6.25. The number of alkyl halides is 2. The van der Waals surface area contributed by atoms with Gasteiger partial charge in [0.1, 0.15) is 5.75 Å². The first kappa shape index (κ1) is 15.2. The van der Waals surface area contributed by atoms with E-state index in [-0.39, 0.29) is 11.7 Å². The number of ether oxygens (including phenoxy) is 1. The third kappa shape index (κ3) is 2.45. The van der Waals surface area contributed by atoms with Crippen LogP contribution in [0, 0.1) is 0 Å². The second kappa shape index (κ2) is 5.50. The second-order valence-electron chi connectivity index (χ2n) is 6.25. The van der Waals surface area contributed by atoms with E-state index in [1.165, 1.54) is 6.07 Å². The number of rotatable bonds is 3. The number of nitrogens with one attached hydrogen (secondary N) is 1. The molecule has 1 aromatic carbocycles. The van der Waals surface area contributed by atoms with Crippen LogP contribution in [0.3, 0.4) is 0 Å². The van der Waals surface area contributed by atoms with E-state index in [9.17, 15) is 13.6 Å². The van der Waals surface area contributed by atoms with Crippen LogP contribution in [-0.2, 0) is 10.2 Å². The van der Waals surface area contributed by atoms with Gasteiger partial charge in [0.05, 0.1) is 5.41 Å².